The van der Waals surface area contributed by atoms with E-state index in [1.165, 1.54) is 44.2 Å². The molecule has 10 heteroatoms. The number of hydrogen-bond acceptors (Lipinski definition) is 8. The fourth-order valence-corrected chi connectivity index (χ4v) is 7.92. The quantitative estimate of drug-likeness (QED) is 0.425. The second-order valence-corrected chi connectivity index (χ2v) is 12.9. The summed E-state index contributed by atoms with van der Waals surface area (Å²) in [4.78, 5) is 51.0. The minimum atomic E-state index is -0.606. The number of fused-ring (bicyclic) bond motifs is 1. The van der Waals surface area contributed by atoms with Crippen LogP contribution in [0.25, 0.3) is 0 Å². The van der Waals surface area contributed by atoms with E-state index in [2.05, 4.69) is 32.1 Å². The van der Waals surface area contributed by atoms with Crippen molar-refractivity contribution in [2.24, 2.45) is 5.41 Å². The zero-order chi connectivity index (χ0) is 28.8. The van der Waals surface area contributed by atoms with Gasteiger partial charge in [0.1, 0.15) is 11.9 Å². The van der Waals surface area contributed by atoms with E-state index in [1.807, 2.05) is 24.3 Å². The van der Waals surface area contributed by atoms with E-state index in [0.717, 1.165) is 56.5 Å². The van der Waals surface area contributed by atoms with Crippen LogP contribution in [-0.4, -0.2) is 83.9 Å². The maximum atomic E-state index is 13.0. The van der Waals surface area contributed by atoms with Gasteiger partial charge in [0.05, 0.1) is 17.8 Å². The smallest absolute Gasteiger partial charge is 0.256 e. The van der Waals surface area contributed by atoms with Crippen molar-refractivity contribution in [2.45, 2.75) is 70.0 Å². The lowest BCUT2D eigenvalue weighted by atomic mass is 9.66. The summed E-state index contributed by atoms with van der Waals surface area (Å²) in [7, 11) is 0. The number of pyridine rings is 1. The van der Waals surface area contributed by atoms with Crippen molar-refractivity contribution in [3.05, 3.63) is 47.7 Å². The third-order valence-corrected chi connectivity index (χ3v) is 10.6. The maximum absolute atomic E-state index is 13.0. The largest absolute Gasteiger partial charge is 0.399 e. The number of nitrogen functional groups attached to an aromatic ring is 1. The molecule has 1 saturated carbocycles. The number of anilines is 3. The van der Waals surface area contributed by atoms with Crippen LogP contribution >= 0.6 is 0 Å². The van der Waals surface area contributed by atoms with Crippen LogP contribution < -0.4 is 20.9 Å². The topological polar surface area (TPSA) is 115 Å². The molecular formula is C32H41N7O3. The molecule has 4 aliphatic heterocycles. The molecule has 1 atom stereocenters. The average Bonchev–Trinajstić information content (AvgIpc) is 3.33. The summed E-state index contributed by atoms with van der Waals surface area (Å²) in [6, 6.07) is 12.2. The van der Waals surface area contributed by atoms with E-state index >= 15 is 0 Å². The Hall–Kier alpha value is -3.66. The number of amides is 3. The first-order valence-electron chi connectivity index (χ1n) is 15.6. The van der Waals surface area contributed by atoms with Crippen LogP contribution in [0.4, 0.5) is 17.2 Å². The minimum Gasteiger partial charge on any atom is -0.399 e. The van der Waals surface area contributed by atoms with Crippen molar-refractivity contribution in [1.29, 1.82) is 0 Å². The fraction of sp³-hybridized carbons (Fsp3) is 0.562. The molecule has 5 heterocycles. The molecule has 4 fully saturated rings. The van der Waals surface area contributed by atoms with Crippen molar-refractivity contribution in [3.8, 4) is 0 Å². The maximum Gasteiger partial charge on any atom is 0.256 e. The molecule has 222 valence electrons. The van der Waals surface area contributed by atoms with Crippen LogP contribution in [0.3, 0.4) is 0 Å². The number of hydrogen-bond donors (Lipinski definition) is 2. The average molecular weight is 572 g/mol. The molecule has 3 N–H and O–H groups in total. The highest BCUT2D eigenvalue weighted by Crippen LogP contribution is 2.46. The molecule has 0 bridgehead atoms. The molecule has 1 spiro atoms. The molecule has 1 aromatic heterocycles. The Labute approximate surface area is 247 Å². The molecule has 7 rings (SSSR count). The molecule has 5 aliphatic rings. The SMILES string of the molecule is Nc1ccc(N2CCN(C3CCC4(CC3)CCN(c3ccc5c(n3)CN(C3CCC(=O)NC3=O)C5=O)CC4)CC2)cc1. The lowest BCUT2D eigenvalue weighted by molar-refractivity contribution is -0.136. The molecule has 1 aromatic carbocycles. The summed E-state index contributed by atoms with van der Waals surface area (Å²) in [6.45, 7) is 6.70. The number of piperidine rings is 2. The molecule has 0 radical (unpaired) electrons. The summed E-state index contributed by atoms with van der Waals surface area (Å²) < 4.78 is 0. The van der Waals surface area contributed by atoms with Gasteiger partial charge in [0.25, 0.3) is 5.91 Å². The monoisotopic (exact) mass is 571 g/mol. The highest BCUT2D eigenvalue weighted by atomic mass is 16.2. The summed E-state index contributed by atoms with van der Waals surface area (Å²) in [5, 5.41) is 2.37. The number of imide groups is 1. The highest BCUT2D eigenvalue weighted by molar-refractivity contribution is 6.05. The fourth-order valence-electron chi connectivity index (χ4n) is 7.92. The van der Waals surface area contributed by atoms with Crippen LogP contribution in [0, 0.1) is 5.41 Å². The molecule has 42 heavy (non-hydrogen) atoms. The predicted molar refractivity (Wildman–Crippen MR) is 161 cm³/mol. The van der Waals surface area contributed by atoms with E-state index in [9.17, 15) is 14.4 Å². The van der Waals surface area contributed by atoms with E-state index in [-0.39, 0.29) is 24.1 Å². The first-order valence-corrected chi connectivity index (χ1v) is 15.6. The van der Waals surface area contributed by atoms with Gasteiger partial charge >= 0.3 is 0 Å². The lowest BCUT2D eigenvalue weighted by Gasteiger charge is -2.49. The Morgan fingerprint density at radius 2 is 1.52 bits per heavy atom. The molecule has 3 amide bonds. The number of nitrogens with one attached hydrogen (secondary N) is 1. The summed E-state index contributed by atoms with van der Waals surface area (Å²) in [5.41, 5.74) is 9.70. The van der Waals surface area contributed by atoms with E-state index in [0.29, 0.717) is 30.0 Å². The van der Waals surface area contributed by atoms with Crippen molar-refractivity contribution < 1.29 is 14.4 Å². The highest BCUT2D eigenvalue weighted by Gasteiger charge is 2.42. The standard InChI is InChI=1S/C32H41N7O3/c33-22-1-3-23(4-2-22)36-17-19-37(20-18-36)24-9-11-32(12-10-24)13-15-38(16-14-32)28-7-5-25-26(34-28)21-39(31(25)42)27-6-8-29(40)35-30(27)41/h1-5,7,24,27H,6,8-21,33H2,(H,35,40,41). The van der Waals surface area contributed by atoms with E-state index in [1.54, 1.807) is 4.90 Å². The van der Waals surface area contributed by atoms with Crippen LogP contribution in [0.15, 0.2) is 36.4 Å². The van der Waals surface area contributed by atoms with Crippen molar-refractivity contribution in [1.82, 2.24) is 20.1 Å². The van der Waals surface area contributed by atoms with Gasteiger partial charge in [0, 0.05) is 63.1 Å². The van der Waals surface area contributed by atoms with Gasteiger partial charge in [-0.3, -0.25) is 24.6 Å². The molecule has 1 aliphatic carbocycles. The van der Waals surface area contributed by atoms with Gasteiger partial charge in [0.2, 0.25) is 11.8 Å². The molecule has 10 nitrogen and oxygen atoms in total. The number of piperazine rings is 1. The van der Waals surface area contributed by atoms with Gasteiger partial charge in [0.15, 0.2) is 0 Å². The normalized spacial score (nSPS) is 25.2. The van der Waals surface area contributed by atoms with Gasteiger partial charge in [-0.15, -0.1) is 0 Å². The lowest BCUT2D eigenvalue weighted by Crippen LogP contribution is -2.52. The number of benzene rings is 1. The summed E-state index contributed by atoms with van der Waals surface area (Å²) >= 11 is 0. The van der Waals surface area contributed by atoms with E-state index < -0.39 is 6.04 Å². The van der Waals surface area contributed by atoms with Crippen LogP contribution in [0.2, 0.25) is 0 Å². The number of rotatable bonds is 4. The second-order valence-electron chi connectivity index (χ2n) is 12.9. The van der Waals surface area contributed by atoms with Crippen LogP contribution in [-0.2, 0) is 16.1 Å². The van der Waals surface area contributed by atoms with Crippen molar-refractivity contribution >= 4 is 34.9 Å². The minimum absolute atomic E-state index is 0.167. The molecule has 3 saturated heterocycles. The predicted octanol–water partition coefficient (Wildman–Crippen LogP) is 2.78. The number of nitrogens with two attached hydrogens (primary N) is 1. The van der Waals surface area contributed by atoms with Crippen LogP contribution in [0.1, 0.15) is 67.4 Å². The number of nitrogens with zero attached hydrogens (tertiary/aromatic N) is 5. The van der Waals surface area contributed by atoms with Gasteiger partial charge < -0.3 is 20.4 Å². The Bertz CT molecular complexity index is 1350. The van der Waals surface area contributed by atoms with Crippen molar-refractivity contribution in [2.75, 3.05) is 54.8 Å². The first kappa shape index (κ1) is 27.2. The van der Waals surface area contributed by atoms with Crippen molar-refractivity contribution in [3.63, 3.8) is 0 Å². The van der Waals surface area contributed by atoms with Gasteiger partial charge in [-0.2, -0.15) is 0 Å². The zero-order valence-electron chi connectivity index (χ0n) is 24.3. The number of aromatic nitrogens is 1. The Morgan fingerprint density at radius 3 is 2.21 bits per heavy atom. The van der Waals surface area contributed by atoms with Gasteiger partial charge in [-0.25, -0.2) is 4.98 Å². The molecular weight excluding hydrogens is 530 g/mol. The number of carbonyl (C=O) groups is 3. The molecule has 1 unspecified atom stereocenters. The van der Waals surface area contributed by atoms with Crippen LogP contribution in [0.5, 0.6) is 0 Å². The van der Waals surface area contributed by atoms with E-state index in [4.69, 9.17) is 10.7 Å². The Kier molecular flexibility index (Phi) is 7.04. The Balaban J connectivity index is 0.907. The van der Waals surface area contributed by atoms with Gasteiger partial charge in [-0.1, -0.05) is 0 Å². The number of carbonyl (C=O) groups excluding carboxylic acids is 3. The third kappa shape index (κ3) is 5.10. The summed E-state index contributed by atoms with van der Waals surface area (Å²) in [5.74, 6) is 0.100. The Morgan fingerprint density at radius 1 is 0.810 bits per heavy atom. The zero-order valence-corrected chi connectivity index (χ0v) is 24.3. The second kappa shape index (κ2) is 10.9. The third-order valence-electron chi connectivity index (χ3n) is 10.6. The molecule has 2 aromatic rings. The first-order chi connectivity index (χ1) is 20.4. The summed E-state index contributed by atoms with van der Waals surface area (Å²) in [6.07, 6.45) is 8.18. The van der Waals surface area contributed by atoms with Gasteiger partial charge in [-0.05, 0) is 86.8 Å².